The predicted octanol–water partition coefficient (Wildman–Crippen LogP) is 2.78. The van der Waals surface area contributed by atoms with Gasteiger partial charge in [0.05, 0.1) is 11.9 Å². The summed E-state index contributed by atoms with van der Waals surface area (Å²) < 4.78 is 18.8. The molecule has 0 radical (unpaired) electrons. The average molecular weight is 232 g/mol. The van der Waals surface area contributed by atoms with Gasteiger partial charge in [-0.15, -0.1) is 0 Å². The van der Waals surface area contributed by atoms with Crippen molar-refractivity contribution in [1.82, 2.24) is 4.98 Å². The van der Waals surface area contributed by atoms with Crippen LogP contribution in [0.25, 0.3) is 0 Å². The zero-order valence-corrected chi connectivity index (χ0v) is 9.48. The second-order valence-corrected chi connectivity index (χ2v) is 3.70. The Morgan fingerprint density at radius 2 is 2.00 bits per heavy atom. The van der Waals surface area contributed by atoms with Gasteiger partial charge in [0.1, 0.15) is 17.3 Å². The van der Waals surface area contributed by atoms with E-state index in [-0.39, 0.29) is 5.82 Å². The van der Waals surface area contributed by atoms with Gasteiger partial charge in [-0.3, -0.25) is 4.98 Å². The number of ether oxygens (including phenoxy) is 1. The third-order valence-electron chi connectivity index (χ3n) is 2.39. The summed E-state index contributed by atoms with van der Waals surface area (Å²) in [5.41, 5.74) is 6.81. The van der Waals surface area contributed by atoms with Crippen LogP contribution in [0, 0.1) is 12.7 Å². The zero-order chi connectivity index (χ0) is 12.3. The van der Waals surface area contributed by atoms with Crippen molar-refractivity contribution in [3.05, 3.63) is 53.6 Å². The van der Waals surface area contributed by atoms with Gasteiger partial charge in [0, 0.05) is 12.6 Å². The van der Waals surface area contributed by atoms with E-state index in [1.165, 1.54) is 6.07 Å². The van der Waals surface area contributed by atoms with Crippen molar-refractivity contribution < 1.29 is 9.13 Å². The van der Waals surface area contributed by atoms with Gasteiger partial charge < -0.3 is 10.5 Å². The lowest BCUT2D eigenvalue weighted by atomic mass is 10.2. The van der Waals surface area contributed by atoms with Crippen LogP contribution in [0.3, 0.4) is 0 Å². The summed E-state index contributed by atoms with van der Waals surface area (Å²) in [4.78, 5) is 4.09. The quantitative estimate of drug-likeness (QED) is 0.885. The predicted molar refractivity (Wildman–Crippen MR) is 63.3 cm³/mol. The minimum Gasteiger partial charge on any atom is -0.456 e. The van der Waals surface area contributed by atoms with E-state index in [9.17, 15) is 4.39 Å². The Morgan fingerprint density at radius 1 is 1.24 bits per heavy atom. The summed E-state index contributed by atoms with van der Waals surface area (Å²) in [5.74, 6) is 0.731. The van der Waals surface area contributed by atoms with E-state index in [0.29, 0.717) is 23.6 Å². The molecule has 0 fully saturated rings. The molecule has 88 valence electrons. The van der Waals surface area contributed by atoms with Crippen molar-refractivity contribution in [1.29, 1.82) is 0 Å². The van der Waals surface area contributed by atoms with E-state index in [1.807, 2.05) is 0 Å². The SMILES string of the molecule is Cc1ccc(Oc2ccc(CN)nc2)cc1F. The Bertz CT molecular complexity index is 511. The van der Waals surface area contributed by atoms with Crippen LogP contribution in [0.5, 0.6) is 11.5 Å². The Labute approximate surface area is 99.1 Å². The van der Waals surface area contributed by atoms with Gasteiger partial charge in [-0.1, -0.05) is 6.07 Å². The highest BCUT2D eigenvalue weighted by molar-refractivity contribution is 5.32. The van der Waals surface area contributed by atoms with E-state index < -0.39 is 0 Å². The molecule has 0 bridgehead atoms. The second-order valence-electron chi connectivity index (χ2n) is 3.70. The molecule has 1 aromatic carbocycles. The van der Waals surface area contributed by atoms with Crippen LogP contribution in [0.4, 0.5) is 4.39 Å². The molecular formula is C13H13FN2O. The molecule has 0 aliphatic heterocycles. The number of pyridine rings is 1. The smallest absolute Gasteiger partial charge is 0.145 e. The molecule has 0 spiro atoms. The van der Waals surface area contributed by atoms with Crippen LogP contribution in [0.1, 0.15) is 11.3 Å². The zero-order valence-electron chi connectivity index (χ0n) is 9.48. The highest BCUT2D eigenvalue weighted by Crippen LogP contribution is 2.22. The molecule has 0 unspecified atom stereocenters. The van der Waals surface area contributed by atoms with Crippen LogP contribution in [-0.2, 0) is 6.54 Å². The fourth-order valence-electron chi connectivity index (χ4n) is 1.37. The number of nitrogens with zero attached hydrogens (tertiary/aromatic N) is 1. The van der Waals surface area contributed by atoms with Gasteiger partial charge in [0.2, 0.25) is 0 Å². The molecule has 4 heteroatoms. The molecule has 2 rings (SSSR count). The van der Waals surface area contributed by atoms with Gasteiger partial charge in [-0.25, -0.2) is 4.39 Å². The number of rotatable bonds is 3. The van der Waals surface area contributed by atoms with Gasteiger partial charge in [-0.2, -0.15) is 0 Å². The first-order valence-corrected chi connectivity index (χ1v) is 5.28. The minimum atomic E-state index is -0.283. The normalized spacial score (nSPS) is 10.3. The number of benzene rings is 1. The molecule has 1 heterocycles. The fourth-order valence-corrected chi connectivity index (χ4v) is 1.37. The average Bonchev–Trinajstić information content (AvgIpc) is 2.35. The molecule has 17 heavy (non-hydrogen) atoms. The molecule has 2 N–H and O–H groups in total. The van der Waals surface area contributed by atoms with E-state index >= 15 is 0 Å². The maximum absolute atomic E-state index is 13.3. The van der Waals surface area contributed by atoms with Crippen LogP contribution >= 0.6 is 0 Å². The minimum absolute atomic E-state index is 0.283. The highest BCUT2D eigenvalue weighted by atomic mass is 19.1. The van der Waals surface area contributed by atoms with E-state index in [2.05, 4.69) is 4.98 Å². The topological polar surface area (TPSA) is 48.1 Å². The second kappa shape index (κ2) is 4.93. The summed E-state index contributed by atoms with van der Waals surface area (Å²) in [5, 5.41) is 0. The number of nitrogens with two attached hydrogens (primary N) is 1. The van der Waals surface area contributed by atoms with E-state index in [0.717, 1.165) is 5.69 Å². The Kier molecular flexibility index (Phi) is 3.35. The molecule has 0 aliphatic carbocycles. The third-order valence-corrected chi connectivity index (χ3v) is 2.39. The first-order valence-electron chi connectivity index (χ1n) is 5.28. The molecular weight excluding hydrogens is 219 g/mol. The van der Waals surface area contributed by atoms with Gasteiger partial charge in [-0.05, 0) is 30.7 Å². The molecule has 2 aromatic rings. The standard InChI is InChI=1S/C13H13FN2O/c1-9-2-4-11(6-13(9)14)17-12-5-3-10(7-15)16-8-12/h2-6,8H,7,15H2,1H3. The van der Waals surface area contributed by atoms with Crippen molar-refractivity contribution in [2.75, 3.05) is 0 Å². The lowest BCUT2D eigenvalue weighted by Gasteiger charge is -2.06. The molecule has 0 saturated carbocycles. The summed E-state index contributed by atoms with van der Waals surface area (Å²) in [6.07, 6.45) is 1.57. The number of hydrogen-bond acceptors (Lipinski definition) is 3. The Balaban J connectivity index is 2.16. The summed E-state index contributed by atoms with van der Waals surface area (Å²) in [6, 6.07) is 8.28. The summed E-state index contributed by atoms with van der Waals surface area (Å²) in [6.45, 7) is 2.09. The van der Waals surface area contributed by atoms with Crippen LogP contribution in [0.15, 0.2) is 36.5 Å². The molecule has 0 aliphatic rings. The number of aryl methyl sites for hydroxylation is 1. The molecule has 0 saturated heterocycles. The molecule has 1 aromatic heterocycles. The lowest BCUT2D eigenvalue weighted by molar-refractivity contribution is 0.473. The van der Waals surface area contributed by atoms with E-state index in [4.69, 9.17) is 10.5 Å². The lowest BCUT2D eigenvalue weighted by Crippen LogP contribution is -1.98. The molecule has 0 amide bonds. The highest BCUT2D eigenvalue weighted by Gasteiger charge is 2.02. The Hall–Kier alpha value is -1.94. The maximum Gasteiger partial charge on any atom is 0.145 e. The number of halogens is 1. The van der Waals surface area contributed by atoms with Gasteiger partial charge >= 0.3 is 0 Å². The largest absolute Gasteiger partial charge is 0.456 e. The van der Waals surface area contributed by atoms with Crippen LogP contribution in [-0.4, -0.2) is 4.98 Å². The summed E-state index contributed by atoms with van der Waals surface area (Å²) >= 11 is 0. The van der Waals surface area contributed by atoms with Crippen molar-refractivity contribution in [2.24, 2.45) is 5.73 Å². The first kappa shape index (κ1) is 11.5. The van der Waals surface area contributed by atoms with Crippen molar-refractivity contribution in [2.45, 2.75) is 13.5 Å². The van der Waals surface area contributed by atoms with Gasteiger partial charge in [0.25, 0.3) is 0 Å². The fraction of sp³-hybridized carbons (Fsp3) is 0.154. The van der Waals surface area contributed by atoms with Crippen LogP contribution in [0.2, 0.25) is 0 Å². The number of aromatic nitrogens is 1. The van der Waals surface area contributed by atoms with Crippen molar-refractivity contribution in [3.8, 4) is 11.5 Å². The van der Waals surface area contributed by atoms with Crippen molar-refractivity contribution in [3.63, 3.8) is 0 Å². The van der Waals surface area contributed by atoms with Gasteiger partial charge in [0.15, 0.2) is 0 Å². The monoisotopic (exact) mass is 232 g/mol. The first-order chi connectivity index (χ1) is 8.19. The van der Waals surface area contributed by atoms with E-state index in [1.54, 1.807) is 37.4 Å². The Morgan fingerprint density at radius 3 is 2.59 bits per heavy atom. The molecule has 0 atom stereocenters. The van der Waals surface area contributed by atoms with Crippen LogP contribution < -0.4 is 10.5 Å². The maximum atomic E-state index is 13.3. The van der Waals surface area contributed by atoms with Crippen molar-refractivity contribution >= 4 is 0 Å². The molecule has 3 nitrogen and oxygen atoms in total. The number of hydrogen-bond donors (Lipinski definition) is 1. The third kappa shape index (κ3) is 2.79. The summed E-state index contributed by atoms with van der Waals surface area (Å²) in [7, 11) is 0.